The number of ether oxygens (including phenoxy) is 2. The number of methoxy groups -OCH3 is 1. The average Bonchev–Trinajstić information content (AvgIpc) is 3.18. The Morgan fingerprint density at radius 2 is 1.78 bits per heavy atom. The molecule has 3 aromatic rings. The Hall–Kier alpha value is -3.13. The van der Waals surface area contributed by atoms with E-state index in [9.17, 15) is 4.79 Å². The molecular weight excluding hydrogens is 478 g/mol. The highest BCUT2D eigenvalue weighted by molar-refractivity contribution is 6.30. The highest BCUT2D eigenvalue weighted by Crippen LogP contribution is 2.41. The number of aromatic nitrogens is 4. The Labute approximate surface area is 216 Å². The van der Waals surface area contributed by atoms with Crippen molar-refractivity contribution in [3.63, 3.8) is 0 Å². The largest absolute Gasteiger partial charge is 0.481 e. The van der Waals surface area contributed by atoms with Crippen LogP contribution in [0.3, 0.4) is 0 Å². The van der Waals surface area contributed by atoms with Crippen LogP contribution in [0.25, 0.3) is 5.69 Å². The van der Waals surface area contributed by atoms with E-state index in [0.717, 1.165) is 54.3 Å². The molecule has 1 saturated carbocycles. The number of hydrogen-bond donors (Lipinski definition) is 0. The molecule has 1 fully saturated rings. The number of hydrogen-bond acceptors (Lipinski definition) is 6. The van der Waals surface area contributed by atoms with Gasteiger partial charge in [0.1, 0.15) is 11.4 Å². The van der Waals surface area contributed by atoms with Crippen molar-refractivity contribution >= 4 is 17.7 Å². The summed E-state index contributed by atoms with van der Waals surface area (Å²) in [6, 6.07) is 11.8. The normalized spacial score (nSPS) is 19.8. The molecule has 3 heterocycles. The van der Waals surface area contributed by atoms with Gasteiger partial charge in [0.2, 0.25) is 5.88 Å². The van der Waals surface area contributed by atoms with Crippen molar-refractivity contribution in [3.8, 4) is 11.6 Å². The third kappa shape index (κ3) is 5.05. The molecule has 1 aromatic carbocycles. The topological polar surface area (TPSA) is 82.4 Å². The molecule has 2 aliphatic rings. The molecule has 1 amide bonds. The second-order valence-electron chi connectivity index (χ2n) is 10.6. The van der Waals surface area contributed by atoms with E-state index in [2.05, 4.69) is 25.8 Å². The van der Waals surface area contributed by atoms with Gasteiger partial charge in [-0.05, 0) is 76.3 Å². The van der Waals surface area contributed by atoms with Crippen molar-refractivity contribution in [1.82, 2.24) is 24.6 Å². The molecule has 0 N–H and O–H groups in total. The smallest absolute Gasteiger partial charge is 0.411 e. The summed E-state index contributed by atoms with van der Waals surface area (Å²) < 4.78 is 13.1. The zero-order valence-electron chi connectivity index (χ0n) is 21.2. The lowest BCUT2D eigenvalue weighted by Crippen LogP contribution is -2.35. The molecule has 1 aliphatic heterocycles. The Balaban J connectivity index is 1.42. The Bertz CT molecular complexity index is 1260. The zero-order valence-corrected chi connectivity index (χ0v) is 22.0. The number of fused-ring (bicyclic) bond motifs is 3. The molecule has 0 unspecified atom stereocenters. The van der Waals surface area contributed by atoms with Crippen LogP contribution in [0.15, 0.2) is 36.4 Å². The molecule has 2 aromatic heterocycles. The second-order valence-corrected chi connectivity index (χ2v) is 11.0. The van der Waals surface area contributed by atoms with Crippen LogP contribution in [0.5, 0.6) is 5.88 Å². The summed E-state index contributed by atoms with van der Waals surface area (Å²) in [6.45, 7) is 6.31. The number of pyridine rings is 1. The zero-order chi connectivity index (χ0) is 25.4. The van der Waals surface area contributed by atoms with Crippen LogP contribution in [-0.4, -0.2) is 43.5 Å². The molecule has 8 nitrogen and oxygen atoms in total. The molecular formula is C27H32ClN5O3. The van der Waals surface area contributed by atoms with Crippen LogP contribution < -0.4 is 4.74 Å². The van der Waals surface area contributed by atoms with E-state index in [-0.39, 0.29) is 12.0 Å². The highest BCUT2D eigenvalue weighted by Gasteiger charge is 2.33. The Morgan fingerprint density at radius 1 is 1.03 bits per heavy atom. The van der Waals surface area contributed by atoms with Crippen molar-refractivity contribution in [2.24, 2.45) is 0 Å². The van der Waals surface area contributed by atoms with Crippen LogP contribution in [0.4, 0.5) is 4.79 Å². The van der Waals surface area contributed by atoms with Crippen LogP contribution in [0, 0.1) is 0 Å². The molecule has 0 saturated heterocycles. The number of halogens is 1. The minimum Gasteiger partial charge on any atom is -0.481 e. The summed E-state index contributed by atoms with van der Waals surface area (Å²) in [5, 5.41) is 9.81. The first kappa shape index (κ1) is 24.6. The van der Waals surface area contributed by atoms with Crippen molar-refractivity contribution in [2.45, 2.75) is 77.0 Å². The molecule has 0 radical (unpaired) electrons. The average molecular weight is 510 g/mol. The van der Waals surface area contributed by atoms with Crippen LogP contribution in [-0.2, 0) is 17.8 Å². The molecule has 1 aliphatic carbocycles. The van der Waals surface area contributed by atoms with Crippen molar-refractivity contribution in [2.75, 3.05) is 7.11 Å². The highest BCUT2D eigenvalue weighted by atomic mass is 35.5. The van der Waals surface area contributed by atoms with E-state index in [1.165, 1.54) is 0 Å². The monoisotopic (exact) mass is 509 g/mol. The standard InChI is InChI=1S/C27H32ClN5O3/c1-27(2,3)36-26(34)32-15-19-14-20(28)12-13-22(19)33-23(16-32)30-31-25(33)18-10-8-17(9-11-18)21-6-5-7-24(29-21)35-4/h5-7,12-14,17-18H,8-11,15-16H2,1-4H3/t17-,18-. The maximum atomic E-state index is 13.0. The van der Waals surface area contributed by atoms with Gasteiger partial charge >= 0.3 is 6.09 Å². The summed E-state index contributed by atoms with van der Waals surface area (Å²) in [6.07, 6.45) is 3.63. The van der Waals surface area contributed by atoms with E-state index < -0.39 is 5.60 Å². The van der Waals surface area contributed by atoms with Gasteiger partial charge in [0, 0.05) is 28.6 Å². The number of carbonyl (C=O) groups excluding carboxylic acids is 1. The molecule has 190 valence electrons. The number of carbonyl (C=O) groups is 1. The Kier molecular flexibility index (Phi) is 6.64. The fourth-order valence-corrected chi connectivity index (χ4v) is 5.36. The van der Waals surface area contributed by atoms with E-state index >= 15 is 0 Å². The maximum Gasteiger partial charge on any atom is 0.411 e. The molecule has 5 rings (SSSR count). The van der Waals surface area contributed by atoms with Crippen molar-refractivity contribution < 1.29 is 14.3 Å². The van der Waals surface area contributed by atoms with Crippen molar-refractivity contribution in [3.05, 3.63) is 64.3 Å². The number of amides is 1. The summed E-state index contributed by atoms with van der Waals surface area (Å²) in [5.41, 5.74) is 2.41. The first-order chi connectivity index (χ1) is 17.2. The quantitative estimate of drug-likeness (QED) is 0.429. The summed E-state index contributed by atoms with van der Waals surface area (Å²) in [5.74, 6) is 2.99. The molecule has 36 heavy (non-hydrogen) atoms. The lowest BCUT2D eigenvalue weighted by molar-refractivity contribution is 0.0214. The van der Waals surface area contributed by atoms with Gasteiger partial charge < -0.3 is 9.47 Å². The maximum absolute atomic E-state index is 13.0. The van der Waals surface area contributed by atoms with Gasteiger partial charge in [0.25, 0.3) is 0 Å². The lowest BCUT2D eigenvalue weighted by atomic mass is 9.80. The van der Waals surface area contributed by atoms with Crippen LogP contribution in [0.1, 0.15) is 81.2 Å². The van der Waals surface area contributed by atoms with Gasteiger partial charge in [-0.2, -0.15) is 0 Å². The van der Waals surface area contributed by atoms with Gasteiger partial charge in [0.05, 0.1) is 25.9 Å². The summed E-state index contributed by atoms with van der Waals surface area (Å²) >= 11 is 6.36. The minimum atomic E-state index is -0.588. The third-order valence-electron chi connectivity index (χ3n) is 6.85. The number of nitrogens with zero attached hydrogens (tertiary/aromatic N) is 5. The first-order valence-electron chi connectivity index (χ1n) is 12.4. The lowest BCUT2D eigenvalue weighted by Gasteiger charge is -2.28. The van der Waals surface area contributed by atoms with Gasteiger partial charge in [-0.25, -0.2) is 9.78 Å². The second kappa shape index (κ2) is 9.73. The van der Waals surface area contributed by atoms with Gasteiger partial charge in [-0.1, -0.05) is 17.7 Å². The van der Waals surface area contributed by atoms with E-state index in [1.807, 2.05) is 51.1 Å². The van der Waals surface area contributed by atoms with Crippen molar-refractivity contribution in [1.29, 1.82) is 0 Å². The third-order valence-corrected chi connectivity index (χ3v) is 7.08. The minimum absolute atomic E-state index is 0.268. The van der Waals surface area contributed by atoms with Crippen LogP contribution >= 0.6 is 11.6 Å². The van der Waals surface area contributed by atoms with E-state index in [1.54, 1.807) is 12.0 Å². The molecule has 9 heteroatoms. The predicted molar refractivity (Wildman–Crippen MR) is 137 cm³/mol. The Morgan fingerprint density at radius 3 is 2.50 bits per heavy atom. The number of rotatable bonds is 3. The van der Waals surface area contributed by atoms with E-state index in [4.69, 9.17) is 21.1 Å². The predicted octanol–water partition coefficient (Wildman–Crippen LogP) is 6.02. The van der Waals surface area contributed by atoms with Crippen LogP contribution in [0.2, 0.25) is 5.02 Å². The first-order valence-corrected chi connectivity index (χ1v) is 12.8. The summed E-state index contributed by atoms with van der Waals surface area (Å²) in [4.78, 5) is 19.3. The van der Waals surface area contributed by atoms with Gasteiger partial charge in [-0.15, -0.1) is 10.2 Å². The summed E-state index contributed by atoms with van der Waals surface area (Å²) in [7, 11) is 1.65. The fraction of sp³-hybridized carbons (Fsp3) is 0.481. The molecule has 0 bridgehead atoms. The molecule has 0 atom stereocenters. The fourth-order valence-electron chi connectivity index (χ4n) is 5.17. The van der Waals surface area contributed by atoms with Gasteiger partial charge in [0.15, 0.2) is 5.82 Å². The van der Waals surface area contributed by atoms with Gasteiger partial charge in [-0.3, -0.25) is 9.47 Å². The SMILES string of the molecule is COc1cccc([C@H]2CC[C@H](c3nnc4n3-c3ccc(Cl)cc3CN(C(=O)OC(C)(C)C)C4)CC2)n1. The van der Waals surface area contributed by atoms with E-state index in [0.29, 0.717) is 29.9 Å². The molecule has 0 spiro atoms. The number of benzene rings is 1.